The van der Waals surface area contributed by atoms with E-state index >= 15 is 0 Å². The van der Waals surface area contributed by atoms with Crippen LogP contribution in [0.3, 0.4) is 0 Å². The summed E-state index contributed by atoms with van der Waals surface area (Å²) in [5.74, 6) is 0.0499. The molecule has 0 aliphatic rings. The number of hydrogen-bond acceptors (Lipinski definition) is 2. The Hall–Kier alpha value is -0.353. The molecular weight excluding hydrogens is 192 g/mol. The molecule has 14 heavy (non-hydrogen) atoms. The van der Waals surface area contributed by atoms with Gasteiger partial charge < -0.3 is 10.6 Å². The van der Waals surface area contributed by atoms with Gasteiger partial charge in [-0.3, -0.25) is 4.79 Å². The topological polar surface area (TPSA) is 41.1 Å². The van der Waals surface area contributed by atoms with Crippen molar-refractivity contribution in [2.75, 3.05) is 19.6 Å². The van der Waals surface area contributed by atoms with Crippen molar-refractivity contribution in [1.82, 2.24) is 10.6 Å². The zero-order valence-corrected chi connectivity index (χ0v) is 10.9. The highest BCUT2D eigenvalue weighted by molar-refractivity contribution is 6.76. The van der Waals surface area contributed by atoms with E-state index in [1.165, 1.54) is 12.5 Å². The van der Waals surface area contributed by atoms with Gasteiger partial charge in [-0.2, -0.15) is 0 Å². The Bertz CT molecular complexity index is 166. The van der Waals surface area contributed by atoms with Crippen LogP contribution in [0.5, 0.6) is 0 Å². The highest BCUT2D eigenvalue weighted by Crippen LogP contribution is 2.09. The lowest BCUT2D eigenvalue weighted by molar-refractivity contribution is -0.118. The highest BCUT2D eigenvalue weighted by atomic mass is 28.3. The van der Waals surface area contributed by atoms with Gasteiger partial charge in [0.25, 0.3) is 0 Å². The van der Waals surface area contributed by atoms with Crippen LogP contribution < -0.4 is 10.6 Å². The van der Waals surface area contributed by atoms with Gasteiger partial charge in [0.1, 0.15) is 0 Å². The van der Waals surface area contributed by atoms with Crippen molar-refractivity contribution in [2.24, 2.45) is 0 Å². The summed E-state index contributed by atoms with van der Waals surface area (Å²) in [5.41, 5.74) is 0. The molecule has 0 fully saturated rings. The summed E-state index contributed by atoms with van der Waals surface area (Å²) in [4.78, 5) is 10.5. The first-order valence-corrected chi connectivity index (χ1v) is 9.08. The molecule has 0 atom stereocenters. The zero-order valence-electron chi connectivity index (χ0n) is 9.94. The Balaban J connectivity index is 3.11. The summed E-state index contributed by atoms with van der Waals surface area (Å²) in [6.45, 7) is 11.4. The number of carbonyl (C=O) groups is 1. The molecule has 0 aliphatic heterocycles. The summed E-state index contributed by atoms with van der Waals surface area (Å²) < 4.78 is 0. The quantitative estimate of drug-likeness (QED) is 0.499. The van der Waals surface area contributed by atoms with Gasteiger partial charge in [-0.05, 0) is 13.0 Å². The first-order valence-electron chi connectivity index (χ1n) is 5.37. The Kier molecular flexibility index (Phi) is 6.83. The maximum Gasteiger partial charge on any atom is 0.216 e. The summed E-state index contributed by atoms with van der Waals surface area (Å²) in [6, 6.07) is 1.38. The fourth-order valence-corrected chi connectivity index (χ4v) is 2.43. The Morgan fingerprint density at radius 3 is 2.29 bits per heavy atom. The molecule has 0 unspecified atom stereocenters. The lowest BCUT2D eigenvalue weighted by Gasteiger charge is -2.15. The number of hydrogen-bond donors (Lipinski definition) is 2. The maximum atomic E-state index is 10.5. The van der Waals surface area contributed by atoms with Gasteiger partial charge in [0.2, 0.25) is 5.91 Å². The van der Waals surface area contributed by atoms with Crippen molar-refractivity contribution >= 4 is 14.0 Å². The molecule has 0 aromatic rings. The van der Waals surface area contributed by atoms with Crippen LogP contribution in [0.1, 0.15) is 13.3 Å². The summed E-state index contributed by atoms with van der Waals surface area (Å²) in [7, 11) is -0.853. The molecule has 84 valence electrons. The second-order valence-electron chi connectivity index (χ2n) is 4.90. The van der Waals surface area contributed by atoms with Crippen molar-refractivity contribution in [2.45, 2.75) is 39.0 Å². The summed E-state index contributed by atoms with van der Waals surface area (Å²) in [6.07, 6.45) is 1.26. The van der Waals surface area contributed by atoms with E-state index in [2.05, 4.69) is 30.3 Å². The van der Waals surface area contributed by atoms with Gasteiger partial charge >= 0.3 is 0 Å². The van der Waals surface area contributed by atoms with Gasteiger partial charge in [0, 0.05) is 28.1 Å². The average Bonchev–Trinajstić information content (AvgIpc) is 2.00. The molecule has 0 heterocycles. The third-order valence-electron chi connectivity index (χ3n) is 1.96. The Morgan fingerprint density at radius 2 is 1.79 bits per heavy atom. The molecule has 2 N–H and O–H groups in total. The van der Waals surface area contributed by atoms with Crippen LogP contribution in [0, 0.1) is 0 Å². The molecule has 0 spiro atoms. The van der Waals surface area contributed by atoms with E-state index in [0.717, 1.165) is 19.6 Å². The molecule has 0 saturated carbocycles. The van der Waals surface area contributed by atoms with E-state index in [4.69, 9.17) is 0 Å². The Morgan fingerprint density at radius 1 is 1.14 bits per heavy atom. The first-order chi connectivity index (χ1) is 6.42. The van der Waals surface area contributed by atoms with Crippen molar-refractivity contribution in [3.05, 3.63) is 0 Å². The molecule has 0 aliphatic carbocycles. The van der Waals surface area contributed by atoms with Gasteiger partial charge in [0.05, 0.1) is 0 Å². The normalized spacial score (nSPS) is 11.4. The molecule has 0 aromatic heterocycles. The van der Waals surface area contributed by atoms with Crippen LogP contribution in [0.25, 0.3) is 0 Å². The predicted octanol–water partition coefficient (Wildman–Crippen LogP) is 1.44. The van der Waals surface area contributed by atoms with E-state index in [1.54, 1.807) is 6.92 Å². The van der Waals surface area contributed by atoms with Crippen LogP contribution in [0.4, 0.5) is 0 Å². The van der Waals surface area contributed by atoms with Crippen LogP contribution in [-0.2, 0) is 4.79 Å². The summed E-state index contributed by atoms with van der Waals surface area (Å²) in [5, 5.41) is 6.08. The van der Waals surface area contributed by atoms with Crippen molar-refractivity contribution in [1.29, 1.82) is 0 Å². The van der Waals surface area contributed by atoms with E-state index < -0.39 is 8.07 Å². The van der Waals surface area contributed by atoms with E-state index in [9.17, 15) is 4.79 Å². The lowest BCUT2D eigenvalue weighted by atomic mass is 10.4. The van der Waals surface area contributed by atoms with Gasteiger partial charge in [-0.15, -0.1) is 0 Å². The second kappa shape index (κ2) is 7.01. The number of amides is 1. The highest BCUT2D eigenvalue weighted by Gasteiger charge is 2.11. The Labute approximate surface area is 88.7 Å². The van der Waals surface area contributed by atoms with E-state index in [0.29, 0.717) is 0 Å². The monoisotopic (exact) mass is 216 g/mol. The lowest BCUT2D eigenvalue weighted by Crippen LogP contribution is -2.31. The molecule has 1 amide bonds. The van der Waals surface area contributed by atoms with Crippen LogP contribution in [0.2, 0.25) is 25.7 Å². The molecular formula is C10H24N2OSi. The smallest absolute Gasteiger partial charge is 0.216 e. The third-order valence-corrected chi connectivity index (χ3v) is 3.81. The minimum atomic E-state index is -0.853. The van der Waals surface area contributed by atoms with Crippen molar-refractivity contribution in [3.8, 4) is 0 Å². The summed E-state index contributed by atoms with van der Waals surface area (Å²) >= 11 is 0. The van der Waals surface area contributed by atoms with Crippen LogP contribution >= 0.6 is 0 Å². The van der Waals surface area contributed by atoms with Crippen LogP contribution in [0.15, 0.2) is 0 Å². The zero-order chi connectivity index (χ0) is 11.0. The second-order valence-corrected chi connectivity index (χ2v) is 10.5. The number of carbonyl (C=O) groups excluding carboxylic acids is 1. The molecule has 3 nitrogen and oxygen atoms in total. The van der Waals surface area contributed by atoms with Crippen LogP contribution in [-0.4, -0.2) is 33.6 Å². The minimum absolute atomic E-state index is 0.0499. The molecule has 4 heteroatoms. The van der Waals surface area contributed by atoms with Crippen molar-refractivity contribution in [3.63, 3.8) is 0 Å². The van der Waals surface area contributed by atoms with Gasteiger partial charge in [-0.1, -0.05) is 25.7 Å². The molecule has 0 radical (unpaired) electrons. The molecule has 0 aromatic carbocycles. The van der Waals surface area contributed by atoms with Gasteiger partial charge in [0.15, 0.2) is 0 Å². The number of nitrogens with one attached hydrogen (secondary N) is 2. The fourth-order valence-electron chi connectivity index (χ4n) is 1.20. The van der Waals surface area contributed by atoms with Gasteiger partial charge in [-0.25, -0.2) is 0 Å². The number of rotatable bonds is 7. The largest absolute Gasteiger partial charge is 0.355 e. The third kappa shape index (κ3) is 11.6. The van der Waals surface area contributed by atoms with Crippen molar-refractivity contribution < 1.29 is 4.79 Å². The average molecular weight is 216 g/mol. The first kappa shape index (κ1) is 13.6. The van der Waals surface area contributed by atoms with E-state index in [-0.39, 0.29) is 5.91 Å². The molecule has 0 saturated heterocycles. The SMILES string of the molecule is CC(=O)NCCNCCC[Si](C)(C)C. The van der Waals surface area contributed by atoms with E-state index in [1.807, 2.05) is 0 Å². The standard InChI is InChI=1S/C10H24N2OSi/c1-10(13)12-8-7-11-6-5-9-14(2,3)4/h11H,5-9H2,1-4H3,(H,12,13). The minimum Gasteiger partial charge on any atom is -0.355 e. The fraction of sp³-hybridized carbons (Fsp3) is 0.900. The molecule has 0 rings (SSSR count). The predicted molar refractivity (Wildman–Crippen MR) is 64.3 cm³/mol. The maximum absolute atomic E-state index is 10.5. The molecule has 0 bridgehead atoms.